The summed E-state index contributed by atoms with van der Waals surface area (Å²) < 4.78 is 58.3. The Hall–Kier alpha value is -3.89. The standard InChI is InChI=1S/C23H23F3N4O4/c1-32-15-7-5-14(6-8-15)28-22(31)16-12-27-30-20(23(24,25)26)11-17(29-21(16)30)13-4-9-18(33-2)19(10-13)34-3/h4-10,12,17,20,29H,11H2,1-3H3,(H,28,31)/t17-,20+/m1/s1. The van der Waals surface area contributed by atoms with Crippen LogP contribution in [-0.2, 0) is 0 Å². The van der Waals surface area contributed by atoms with E-state index in [0.717, 1.165) is 10.9 Å². The molecule has 0 saturated carbocycles. The van der Waals surface area contributed by atoms with E-state index in [1.54, 1.807) is 42.5 Å². The number of hydrogen-bond donors (Lipinski definition) is 2. The van der Waals surface area contributed by atoms with Crippen LogP contribution >= 0.6 is 0 Å². The minimum Gasteiger partial charge on any atom is -0.497 e. The summed E-state index contributed by atoms with van der Waals surface area (Å²) in [5.74, 6) is 0.849. The number of halogens is 3. The van der Waals surface area contributed by atoms with Crippen LogP contribution in [0.5, 0.6) is 17.2 Å². The second-order valence-corrected chi connectivity index (χ2v) is 7.64. The molecule has 1 amide bonds. The van der Waals surface area contributed by atoms with E-state index in [1.807, 2.05) is 0 Å². The van der Waals surface area contributed by atoms with Gasteiger partial charge in [0, 0.05) is 12.1 Å². The van der Waals surface area contributed by atoms with E-state index in [9.17, 15) is 18.0 Å². The van der Waals surface area contributed by atoms with Gasteiger partial charge < -0.3 is 24.8 Å². The summed E-state index contributed by atoms with van der Waals surface area (Å²) in [7, 11) is 4.44. The molecule has 2 aromatic carbocycles. The molecule has 180 valence electrons. The van der Waals surface area contributed by atoms with E-state index in [-0.39, 0.29) is 17.8 Å². The van der Waals surface area contributed by atoms with Crippen molar-refractivity contribution in [1.82, 2.24) is 9.78 Å². The Morgan fingerprint density at radius 1 is 1.06 bits per heavy atom. The predicted octanol–water partition coefficient (Wildman–Crippen LogP) is 4.82. The predicted molar refractivity (Wildman–Crippen MR) is 119 cm³/mol. The Bertz CT molecular complexity index is 1180. The summed E-state index contributed by atoms with van der Waals surface area (Å²) >= 11 is 0. The Balaban J connectivity index is 1.67. The van der Waals surface area contributed by atoms with E-state index < -0.39 is 24.2 Å². The highest BCUT2D eigenvalue weighted by molar-refractivity contribution is 6.07. The minimum absolute atomic E-state index is 0.00440. The molecule has 11 heteroatoms. The summed E-state index contributed by atoms with van der Waals surface area (Å²) in [5, 5.41) is 9.64. The number of fused-ring (bicyclic) bond motifs is 1. The lowest BCUT2D eigenvalue weighted by atomic mass is 9.96. The number of aromatic nitrogens is 2. The van der Waals surface area contributed by atoms with Crippen molar-refractivity contribution in [3.05, 3.63) is 59.8 Å². The molecular formula is C23H23F3N4O4. The molecule has 2 N–H and O–H groups in total. The largest absolute Gasteiger partial charge is 0.497 e. The maximum absolute atomic E-state index is 14.0. The molecule has 2 heterocycles. The van der Waals surface area contributed by atoms with Crippen molar-refractivity contribution < 1.29 is 32.2 Å². The molecule has 1 aromatic heterocycles. The summed E-state index contributed by atoms with van der Waals surface area (Å²) in [6.45, 7) is 0. The van der Waals surface area contributed by atoms with Gasteiger partial charge in [-0.3, -0.25) is 4.79 Å². The summed E-state index contributed by atoms with van der Waals surface area (Å²) in [6.07, 6.45) is -3.74. The van der Waals surface area contributed by atoms with Crippen LogP contribution in [0.3, 0.4) is 0 Å². The van der Waals surface area contributed by atoms with Crippen molar-refractivity contribution in [2.45, 2.75) is 24.7 Å². The minimum atomic E-state index is -4.57. The monoisotopic (exact) mass is 476 g/mol. The second kappa shape index (κ2) is 9.16. The number of anilines is 2. The lowest BCUT2D eigenvalue weighted by molar-refractivity contribution is -0.173. The van der Waals surface area contributed by atoms with Crippen LogP contribution in [0.15, 0.2) is 48.7 Å². The first kappa shape index (κ1) is 23.3. The van der Waals surface area contributed by atoms with Crippen LogP contribution in [-0.4, -0.2) is 43.2 Å². The van der Waals surface area contributed by atoms with Crippen LogP contribution in [0.4, 0.5) is 24.7 Å². The van der Waals surface area contributed by atoms with E-state index >= 15 is 0 Å². The van der Waals surface area contributed by atoms with Crippen LogP contribution in [0.25, 0.3) is 0 Å². The van der Waals surface area contributed by atoms with Crippen LogP contribution in [0, 0.1) is 0 Å². The van der Waals surface area contributed by atoms with E-state index in [0.29, 0.717) is 28.5 Å². The van der Waals surface area contributed by atoms with Crippen LogP contribution in [0.2, 0.25) is 0 Å². The molecule has 1 aliphatic rings. The third-order valence-corrected chi connectivity index (χ3v) is 5.64. The quantitative estimate of drug-likeness (QED) is 0.531. The normalized spacial score (nSPS) is 17.4. The molecule has 8 nitrogen and oxygen atoms in total. The zero-order valence-electron chi connectivity index (χ0n) is 18.6. The lowest BCUT2D eigenvalue weighted by Gasteiger charge is -2.34. The maximum atomic E-state index is 14.0. The number of carbonyl (C=O) groups is 1. The molecule has 0 aliphatic carbocycles. The molecule has 3 aromatic rings. The van der Waals surface area contributed by atoms with E-state index in [1.165, 1.54) is 21.3 Å². The highest BCUT2D eigenvalue weighted by Crippen LogP contribution is 2.45. The van der Waals surface area contributed by atoms with Crippen molar-refractivity contribution in [3.8, 4) is 17.2 Å². The topological polar surface area (TPSA) is 86.6 Å². The van der Waals surface area contributed by atoms with Gasteiger partial charge in [-0.15, -0.1) is 0 Å². The van der Waals surface area contributed by atoms with Gasteiger partial charge in [0.1, 0.15) is 17.1 Å². The number of ether oxygens (including phenoxy) is 3. The molecule has 2 atom stereocenters. The van der Waals surface area contributed by atoms with Crippen molar-refractivity contribution >= 4 is 17.4 Å². The first-order chi connectivity index (χ1) is 16.2. The van der Waals surface area contributed by atoms with E-state index in [2.05, 4.69) is 15.7 Å². The van der Waals surface area contributed by atoms with Crippen molar-refractivity contribution in [2.75, 3.05) is 32.0 Å². The Labute approximate surface area is 193 Å². The fourth-order valence-electron chi connectivity index (χ4n) is 3.89. The van der Waals surface area contributed by atoms with E-state index in [4.69, 9.17) is 14.2 Å². The van der Waals surface area contributed by atoms with Gasteiger partial charge in [0.15, 0.2) is 17.5 Å². The number of carbonyl (C=O) groups excluding carboxylic acids is 1. The number of nitrogens with one attached hydrogen (secondary N) is 2. The van der Waals surface area contributed by atoms with Gasteiger partial charge >= 0.3 is 6.18 Å². The molecule has 0 fully saturated rings. The third-order valence-electron chi connectivity index (χ3n) is 5.64. The number of nitrogens with zero attached hydrogens (tertiary/aromatic N) is 2. The number of methoxy groups -OCH3 is 3. The number of amides is 1. The summed E-state index contributed by atoms with van der Waals surface area (Å²) in [4.78, 5) is 12.9. The third kappa shape index (κ3) is 4.45. The smallest absolute Gasteiger partial charge is 0.410 e. The van der Waals surface area contributed by atoms with Gasteiger partial charge in [0.05, 0.1) is 33.6 Å². The van der Waals surface area contributed by atoms with Crippen LogP contribution in [0.1, 0.15) is 34.4 Å². The van der Waals surface area contributed by atoms with Crippen molar-refractivity contribution in [2.24, 2.45) is 0 Å². The van der Waals surface area contributed by atoms with Gasteiger partial charge in [-0.2, -0.15) is 18.3 Å². The Morgan fingerprint density at radius 3 is 2.38 bits per heavy atom. The number of rotatable bonds is 6. The molecule has 1 aliphatic heterocycles. The molecule has 4 rings (SSSR count). The van der Waals surface area contributed by atoms with Crippen molar-refractivity contribution in [1.29, 1.82) is 0 Å². The number of alkyl halides is 3. The lowest BCUT2D eigenvalue weighted by Crippen LogP contribution is -2.36. The van der Waals surface area contributed by atoms with Gasteiger partial charge in [-0.05, 0) is 42.0 Å². The fourth-order valence-corrected chi connectivity index (χ4v) is 3.89. The molecule has 0 unspecified atom stereocenters. The Kier molecular flexibility index (Phi) is 6.27. The number of benzene rings is 2. The summed E-state index contributed by atoms with van der Waals surface area (Å²) in [6, 6.07) is 8.83. The zero-order chi connectivity index (χ0) is 24.5. The first-order valence-corrected chi connectivity index (χ1v) is 10.3. The number of hydrogen-bond acceptors (Lipinski definition) is 6. The fraction of sp³-hybridized carbons (Fsp3) is 0.304. The average molecular weight is 476 g/mol. The SMILES string of the molecule is COc1ccc(NC(=O)c2cnn3c2N[C@@H](c2ccc(OC)c(OC)c2)C[C@H]3C(F)(F)F)cc1. The van der Waals surface area contributed by atoms with Crippen LogP contribution < -0.4 is 24.8 Å². The van der Waals surface area contributed by atoms with Gasteiger partial charge in [-0.1, -0.05) is 6.07 Å². The molecule has 0 radical (unpaired) electrons. The second-order valence-electron chi connectivity index (χ2n) is 7.64. The van der Waals surface area contributed by atoms with Crippen molar-refractivity contribution in [3.63, 3.8) is 0 Å². The molecule has 0 spiro atoms. The average Bonchev–Trinajstić information content (AvgIpc) is 3.27. The molecule has 0 bridgehead atoms. The van der Waals surface area contributed by atoms with Gasteiger partial charge in [0.2, 0.25) is 0 Å². The maximum Gasteiger partial charge on any atom is 0.410 e. The Morgan fingerprint density at radius 2 is 1.76 bits per heavy atom. The first-order valence-electron chi connectivity index (χ1n) is 10.3. The zero-order valence-corrected chi connectivity index (χ0v) is 18.6. The van der Waals surface area contributed by atoms with Gasteiger partial charge in [-0.25, -0.2) is 4.68 Å². The highest BCUT2D eigenvalue weighted by atomic mass is 19.4. The van der Waals surface area contributed by atoms with Gasteiger partial charge in [0.25, 0.3) is 5.91 Å². The molecule has 0 saturated heterocycles. The molecular weight excluding hydrogens is 453 g/mol. The highest BCUT2D eigenvalue weighted by Gasteiger charge is 2.47. The summed E-state index contributed by atoms with van der Waals surface area (Å²) in [5.41, 5.74) is 1.02. The molecule has 34 heavy (non-hydrogen) atoms.